The second-order valence-electron chi connectivity index (χ2n) is 2.59. The molecule has 1 amide bonds. The van der Waals surface area contributed by atoms with Crippen LogP contribution in [0.25, 0.3) is 0 Å². The van der Waals surface area contributed by atoms with Crippen LogP contribution in [0.4, 0.5) is 5.00 Å². The number of pyridine rings is 1. The number of carbonyl (C=O) groups is 1. The number of carbonyl (C=O) groups excluding carboxylic acids is 1. The molecular weight excluding hydrogens is 236 g/mol. The lowest BCUT2D eigenvalue weighted by molar-refractivity contribution is 0.102. The Hall–Kier alpha value is -1.53. The van der Waals surface area contributed by atoms with Crippen molar-refractivity contribution in [3.63, 3.8) is 0 Å². The van der Waals surface area contributed by atoms with Crippen molar-refractivity contribution in [2.45, 2.75) is 0 Å². The van der Waals surface area contributed by atoms with Gasteiger partial charge in [-0.3, -0.25) is 9.78 Å². The van der Waals surface area contributed by atoms with Crippen LogP contribution < -0.4 is 5.32 Å². The Morgan fingerprint density at radius 2 is 2.33 bits per heavy atom. The van der Waals surface area contributed by atoms with Crippen LogP contribution in [-0.4, -0.2) is 20.5 Å². The molecule has 0 spiro atoms. The molecule has 76 valence electrons. The van der Waals surface area contributed by atoms with Gasteiger partial charge >= 0.3 is 0 Å². The van der Waals surface area contributed by atoms with Crippen molar-refractivity contribution in [3.8, 4) is 0 Å². The molecule has 0 bridgehead atoms. The summed E-state index contributed by atoms with van der Waals surface area (Å²) in [6.07, 6.45) is 4.40. The number of amides is 1. The fourth-order valence-corrected chi connectivity index (χ4v) is 1.55. The lowest BCUT2D eigenvalue weighted by Crippen LogP contribution is -2.11. The highest BCUT2D eigenvalue weighted by atomic mass is 35.5. The lowest BCUT2D eigenvalue weighted by atomic mass is 10.3. The summed E-state index contributed by atoms with van der Waals surface area (Å²) in [6, 6.07) is 1.56. The van der Waals surface area contributed by atoms with Crippen LogP contribution in [-0.2, 0) is 0 Å². The fourth-order valence-electron chi connectivity index (χ4n) is 0.946. The van der Waals surface area contributed by atoms with E-state index in [0.717, 1.165) is 11.5 Å². The number of rotatable bonds is 2. The SMILES string of the molecule is O=C(Nc1cnns1)c1cnccc1Cl. The minimum atomic E-state index is -0.320. The number of hydrogen-bond acceptors (Lipinski definition) is 5. The van der Waals surface area contributed by atoms with Crippen LogP contribution in [0.5, 0.6) is 0 Å². The maximum atomic E-state index is 11.6. The highest BCUT2D eigenvalue weighted by Gasteiger charge is 2.11. The first-order chi connectivity index (χ1) is 7.27. The Morgan fingerprint density at radius 3 is 3.00 bits per heavy atom. The molecule has 0 unspecified atom stereocenters. The summed E-state index contributed by atoms with van der Waals surface area (Å²) in [5.41, 5.74) is 0.326. The summed E-state index contributed by atoms with van der Waals surface area (Å²) in [5, 5.41) is 7.14. The number of hydrogen-bond donors (Lipinski definition) is 1. The second kappa shape index (κ2) is 4.33. The summed E-state index contributed by atoms with van der Waals surface area (Å²) < 4.78 is 3.62. The molecule has 2 heterocycles. The van der Waals surface area contributed by atoms with E-state index in [1.807, 2.05) is 0 Å². The van der Waals surface area contributed by atoms with Gasteiger partial charge < -0.3 is 5.32 Å². The van der Waals surface area contributed by atoms with Gasteiger partial charge in [0.15, 0.2) is 0 Å². The van der Waals surface area contributed by atoms with E-state index >= 15 is 0 Å². The molecule has 2 rings (SSSR count). The third kappa shape index (κ3) is 2.28. The normalized spacial score (nSPS) is 9.93. The first-order valence-corrected chi connectivity index (χ1v) is 5.11. The van der Waals surface area contributed by atoms with Gasteiger partial charge in [0.2, 0.25) is 0 Å². The summed E-state index contributed by atoms with van der Waals surface area (Å²) in [5.74, 6) is -0.320. The topological polar surface area (TPSA) is 67.8 Å². The quantitative estimate of drug-likeness (QED) is 0.870. The minimum Gasteiger partial charge on any atom is -0.311 e. The highest BCUT2D eigenvalue weighted by Crippen LogP contribution is 2.16. The van der Waals surface area contributed by atoms with Crippen LogP contribution in [0.3, 0.4) is 0 Å². The van der Waals surface area contributed by atoms with Gasteiger partial charge in [-0.15, -0.1) is 5.10 Å². The zero-order chi connectivity index (χ0) is 10.7. The van der Waals surface area contributed by atoms with Crippen LogP contribution in [0.2, 0.25) is 5.02 Å². The largest absolute Gasteiger partial charge is 0.311 e. The Balaban J connectivity index is 2.19. The maximum absolute atomic E-state index is 11.6. The van der Waals surface area contributed by atoms with Gasteiger partial charge in [-0.05, 0) is 6.07 Å². The van der Waals surface area contributed by atoms with Gasteiger partial charge in [-0.25, -0.2) is 0 Å². The van der Waals surface area contributed by atoms with Crippen LogP contribution >= 0.6 is 23.1 Å². The summed E-state index contributed by atoms with van der Waals surface area (Å²) in [4.78, 5) is 15.5. The number of nitrogens with zero attached hydrogens (tertiary/aromatic N) is 3. The van der Waals surface area contributed by atoms with Gasteiger partial charge in [0.25, 0.3) is 5.91 Å². The Morgan fingerprint density at radius 1 is 1.47 bits per heavy atom. The average Bonchev–Trinajstić information content (AvgIpc) is 2.71. The van der Waals surface area contributed by atoms with Gasteiger partial charge in [-0.2, -0.15) is 0 Å². The van der Waals surface area contributed by atoms with Crippen molar-refractivity contribution in [2.75, 3.05) is 5.32 Å². The summed E-state index contributed by atoms with van der Waals surface area (Å²) in [6.45, 7) is 0. The van der Waals surface area contributed by atoms with Gasteiger partial charge in [-0.1, -0.05) is 16.1 Å². The van der Waals surface area contributed by atoms with E-state index in [2.05, 4.69) is 19.9 Å². The number of anilines is 1. The van der Waals surface area contributed by atoms with Crippen molar-refractivity contribution in [3.05, 3.63) is 35.2 Å². The molecule has 1 N–H and O–H groups in total. The standard InChI is InChI=1S/C8H5ClN4OS/c9-6-1-2-10-3-5(6)8(14)12-7-4-11-13-15-7/h1-4H,(H,12,14). The maximum Gasteiger partial charge on any atom is 0.259 e. The van der Waals surface area contributed by atoms with Crippen molar-refractivity contribution in [1.82, 2.24) is 14.6 Å². The lowest BCUT2D eigenvalue weighted by Gasteiger charge is -2.02. The van der Waals surface area contributed by atoms with Crippen molar-refractivity contribution in [1.29, 1.82) is 0 Å². The van der Waals surface area contributed by atoms with Gasteiger partial charge in [0, 0.05) is 23.9 Å². The molecule has 2 aromatic rings. The molecule has 0 atom stereocenters. The Bertz CT molecular complexity index is 473. The molecule has 0 aromatic carbocycles. The molecule has 0 radical (unpaired) electrons. The van der Waals surface area contributed by atoms with E-state index in [9.17, 15) is 4.79 Å². The van der Waals surface area contributed by atoms with Crippen molar-refractivity contribution < 1.29 is 4.79 Å². The third-order valence-corrected chi connectivity index (χ3v) is 2.52. The molecule has 15 heavy (non-hydrogen) atoms. The second-order valence-corrected chi connectivity index (χ2v) is 3.78. The molecule has 0 fully saturated rings. The molecule has 0 aliphatic carbocycles. The monoisotopic (exact) mass is 240 g/mol. The Labute approximate surface area is 94.3 Å². The third-order valence-electron chi connectivity index (χ3n) is 1.61. The fraction of sp³-hybridized carbons (Fsp3) is 0. The molecule has 7 heteroatoms. The van der Waals surface area contributed by atoms with Crippen molar-refractivity contribution in [2.24, 2.45) is 0 Å². The van der Waals surface area contributed by atoms with Crippen molar-refractivity contribution >= 4 is 34.0 Å². The minimum absolute atomic E-state index is 0.320. The van der Waals surface area contributed by atoms with Crippen LogP contribution in [0, 0.1) is 0 Å². The van der Waals surface area contributed by atoms with E-state index in [4.69, 9.17) is 11.6 Å². The van der Waals surface area contributed by atoms with E-state index in [1.54, 1.807) is 6.07 Å². The predicted molar refractivity (Wildman–Crippen MR) is 57.1 cm³/mol. The van der Waals surface area contributed by atoms with E-state index < -0.39 is 0 Å². The zero-order valence-electron chi connectivity index (χ0n) is 7.35. The smallest absolute Gasteiger partial charge is 0.259 e. The number of aromatic nitrogens is 3. The molecule has 2 aromatic heterocycles. The van der Waals surface area contributed by atoms with Crippen LogP contribution in [0.1, 0.15) is 10.4 Å². The number of nitrogens with one attached hydrogen (secondary N) is 1. The molecule has 5 nitrogen and oxygen atoms in total. The summed E-state index contributed by atoms with van der Waals surface area (Å²) in [7, 11) is 0. The van der Waals surface area contributed by atoms with E-state index in [0.29, 0.717) is 15.6 Å². The average molecular weight is 241 g/mol. The summed E-state index contributed by atoms with van der Waals surface area (Å²) >= 11 is 6.93. The molecule has 0 aliphatic rings. The molecular formula is C8H5ClN4OS. The highest BCUT2D eigenvalue weighted by molar-refractivity contribution is 7.10. The molecule has 0 saturated heterocycles. The number of halogens is 1. The predicted octanol–water partition coefficient (Wildman–Crippen LogP) is 1.84. The molecule has 0 saturated carbocycles. The first kappa shape index (κ1) is 10.0. The zero-order valence-corrected chi connectivity index (χ0v) is 8.92. The molecule has 0 aliphatic heterocycles. The Kier molecular flexibility index (Phi) is 2.89. The van der Waals surface area contributed by atoms with E-state index in [-0.39, 0.29) is 5.91 Å². The first-order valence-electron chi connectivity index (χ1n) is 3.95. The van der Waals surface area contributed by atoms with Gasteiger partial charge in [0.05, 0.1) is 16.8 Å². The van der Waals surface area contributed by atoms with Gasteiger partial charge in [0.1, 0.15) is 5.00 Å². The van der Waals surface area contributed by atoms with Crippen LogP contribution in [0.15, 0.2) is 24.7 Å². The van der Waals surface area contributed by atoms with E-state index in [1.165, 1.54) is 18.6 Å².